The molecule has 0 aliphatic carbocycles. The largest absolute Gasteiger partial charge is 0.371 e. The maximum absolute atomic E-state index is 13.7. The molecule has 4 heteroatoms. The maximum Gasteiger partial charge on any atom is 0.125 e. The van der Waals surface area contributed by atoms with Crippen LogP contribution in [0, 0.1) is 11.7 Å². The summed E-state index contributed by atoms with van der Waals surface area (Å²) in [6, 6.07) is 5.66. The summed E-state index contributed by atoms with van der Waals surface area (Å²) < 4.78 is 13.7. The van der Waals surface area contributed by atoms with E-state index in [0.29, 0.717) is 12.0 Å². The first-order valence-electron chi connectivity index (χ1n) is 7.63. The molecule has 0 bridgehead atoms. The summed E-state index contributed by atoms with van der Waals surface area (Å²) >= 11 is 0. The third-order valence-corrected chi connectivity index (χ3v) is 4.77. The minimum absolute atomic E-state index is 0.133. The minimum atomic E-state index is -0.133. The van der Waals surface area contributed by atoms with Crippen molar-refractivity contribution in [1.29, 1.82) is 0 Å². The summed E-state index contributed by atoms with van der Waals surface area (Å²) in [6.45, 7) is 3.87. The molecule has 110 valence electrons. The Morgan fingerprint density at radius 1 is 1.30 bits per heavy atom. The van der Waals surface area contributed by atoms with Gasteiger partial charge in [-0.3, -0.25) is 4.90 Å². The fraction of sp³-hybridized carbons (Fsp3) is 0.625. The van der Waals surface area contributed by atoms with E-state index in [1.807, 2.05) is 6.07 Å². The second kappa shape index (κ2) is 5.70. The number of hydrogen-bond acceptors (Lipinski definition) is 3. The van der Waals surface area contributed by atoms with Crippen LogP contribution in [-0.2, 0) is 0 Å². The zero-order valence-electron chi connectivity index (χ0n) is 12.2. The van der Waals surface area contributed by atoms with Crippen molar-refractivity contribution < 1.29 is 4.39 Å². The molecule has 2 N–H and O–H groups in total. The van der Waals surface area contributed by atoms with Gasteiger partial charge in [0.1, 0.15) is 5.82 Å². The lowest BCUT2D eigenvalue weighted by molar-refractivity contribution is 0.313. The van der Waals surface area contributed by atoms with Crippen molar-refractivity contribution in [2.45, 2.75) is 25.3 Å². The molecule has 1 aromatic carbocycles. The highest BCUT2D eigenvalue weighted by Gasteiger charge is 2.32. The Morgan fingerprint density at radius 2 is 2.05 bits per heavy atom. The van der Waals surface area contributed by atoms with Gasteiger partial charge in [0.2, 0.25) is 0 Å². The van der Waals surface area contributed by atoms with Crippen LogP contribution < -0.4 is 10.6 Å². The number of benzene rings is 1. The topological polar surface area (TPSA) is 32.5 Å². The summed E-state index contributed by atoms with van der Waals surface area (Å²) in [5.74, 6) is 0.424. The Labute approximate surface area is 120 Å². The van der Waals surface area contributed by atoms with Gasteiger partial charge in [-0.25, -0.2) is 4.39 Å². The van der Waals surface area contributed by atoms with Crippen LogP contribution in [0.5, 0.6) is 0 Å². The number of halogens is 1. The first-order chi connectivity index (χ1) is 9.69. The van der Waals surface area contributed by atoms with Gasteiger partial charge >= 0.3 is 0 Å². The molecule has 2 saturated heterocycles. The standard InChI is InChI=1S/C16H24FN3/c1-19-11-12(10-18)8-15(19)14-5-4-13(17)9-16(14)20-6-2-3-7-20/h4-5,9,12,15H,2-3,6-8,10-11,18H2,1H3. The number of rotatable bonds is 3. The van der Waals surface area contributed by atoms with E-state index in [1.54, 1.807) is 12.1 Å². The Balaban J connectivity index is 1.92. The molecule has 0 saturated carbocycles. The van der Waals surface area contributed by atoms with Gasteiger partial charge < -0.3 is 10.6 Å². The van der Waals surface area contributed by atoms with E-state index in [2.05, 4.69) is 16.8 Å². The van der Waals surface area contributed by atoms with Crippen LogP contribution in [0.4, 0.5) is 10.1 Å². The SMILES string of the molecule is CN1CC(CN)CC1c1ccc(F)cc1N1CCCC1. The maximum atomic E-state index is 13.7. The van der Waals surface area contributed by atoms with Crippen LogP contribution in [0.2, 0.25) is 0 Å². The predicted molar refractivity (Wildman–Crippen MR) is 80.4 cm³/mol. The molecule has 3 nitrogen and oxygen atoms in total. The molecule has 0 radical (unpaired) electrons. The van der Waals surface area contributed by atoms with Crippen LogP contribution in [-0.4, -0.2) is 38.1 Å². The first-order valence-corrected chi connectivity index (χ1v) is 7.63. The lowest BCUT2D eigenvalue weighted by Crippen LogP contribution is -2.24. The zero-order chi connectivity index (χ0) is 14.1. The average Bonchev–Trinajstić information content (AvgIpc) is 3.08. The van der Waals surface area contributed by atoms with Gasteiger partial charge in [0.15, 0.2) is 0 Å². The Kier molecular flexibility index (Phi) is 3.94. The third-order valence-electron chi connectivity index (χ3n) is 4.77. The Bertz CT molecular complexity index is 471. The van der Waals surface area contributed by atoms with Gasteiger partial charge in [0.25, 0.3) is 0 Å². The molecule has 2 aliphatic rings. The zero-order valence-corrected chi connectivity index (χ0v) is 12.2. The predicted octanol–water partition coefficient (Wildman–Crippen LogP) is 2.38. The van der Waals surface area contributed by atoms with E-state index in [1.165, 1.54) is 18.4 Å². The molecule has 2 unspecified atom stereocenters. The molecule has 20 heavy (non-hydrogen) atoms. The summed E-state index contributed by atoms with van der Waals surface area (Å²) in [5, 5.41) is 0. The van der Waals surface area contributed by atoms with Crippen molar-refractivity contribution in [3.8, 4) is 0 Å². The van der Waals surface area contributed by atoms with E-state index in [0.717, 1.165) is 38.3 Å². The van der Waals surface area contributed by atoms with Crippen molar-refractivity contribution in [2.24, 2.45) is 11.7 Å². The molecular formula is C16H24FN3. The Hall–Kier alpha value is -1.13. The van der Waals surface area contributed by atoms with E-state index >= 15 is 0 Å². The second-order valence-corrected chi connectivity index (χ2v) is 6.19. The summed E-state index contributed by atoms with van der Waals surface area (Å²) in [5.41, 5.74) is 8.19. The fourth-order valence-corrected chi connectivity index (χ4v) is 3.67. The molecule has 2 aliphatic heterocycles. The second-order valence-electron chi connectivity index (χ2n) is 6.19. The van der Waals surface area contributed by atoms with Crippen molar-refractivity contribution in [3.05, 3.63) is 29.6 Å². The fourth-order valence-electron chi connectivity index (χ4n) is 3.67. The molecule has 0 spiro atoms. The van der Waals surface area contributed by atoms with Crippen molar-refractivity contribution >= 4 is 5.69 Å². The molecule has 2 heterocycles. The molecular weight excluding hydrogens is 253 g/mol. The van der Waals surface area contributed by atoms with E-state index in [9.17, 15) is 4.39 Å². The summed E-state index contributed by atoms with van der Waals surface area (Å²) in [4.78, 5) is 4.70. The van der Waals surface area contributed by atoms with E-state index in [4.69, 9.17) is 5.73 Å². The number of nitrogens with zero attached hydrogens (tertiary/aromatic N) is 2. The van der Waals surface area contributed by atoms with Gasteiger partial charge in [-0.2, -0.15) is 0 Å². The van der Waals surface area contributed by atoms with Crippen LogP contribution >= 0.6 is 0 Å². The summed E-state index contributed by atoms with van der Waals surface area (Å²) in [6.07, 6.45) is 3.50. The first kappa shape index (κ1) is 13.8. The number of hydrogen-bond donors (Lipinski definition) is 1. The number of nitrogens with two attached hydrogens (primary N) is 1. The average molecular weight is 277 g/mol. The van der Waals surface area contributed by atoms with Crippen LogP contribution in [0.25, 0.3) is 0 Å². The van der Waals surface area contributed by atoms with E-state index < -0.39 is 0 Å². The van der Waals surface area contributed by atoms with Crippen molar-refractivity contribution in [2.75, 3.05) is 38.1 Å². The lowest BCUT2D eigenvalue weighted by atomic mass is 9.98. The minimum Gasteiger partial charge on any atom is -0.371 e. The highest BCUT2D eigenvalue weighted by Crippen LogP contribution is 2.39. The van der Waals surface area contributed by atoms with Gasteiger partial charge in [0, 0.05) is 31.4 Å². The van der Waals surface area contributed by atoms with Crippen molar-refractivity contribution in [3.63, 3.8) is 0 Å². The van der Waals surface area contributed by atoms with Crippen LogP contribution in [0.3, 0.4) is 0 Å². The molecule has 0 amide bonds. The Morgan fingerprint density at radius 3 is 2.70 bits per heavy atom. The molecule has 1 aromatic rings. The van der Waals surface area contributed by atoms with Crippen LogP contribution in [0.1, 0.15) is 30.9 Å². The van der Waals surface area contributed by atoms with Gasteiger partial charge in [-0.15, -0.1) is 0 Å². The number of likely N-dealkylation sites (tertiary alicyclic amines) is 1. The normalized spacial score (nSPS) is 27.4. The lowest BCUT2D eigenvalue weighted by Gasteiger charge is -2.27. The van der Waals surface area contributed by atoms with E-state index in [-0.39, 0.29) is 5.82 Å². The number of anilines is 1. The van der Waals surface area contributed by atoms with Crippen LogP contribution in [0.15, 0.2) is 18.2 Å². The highest BCUT2D eigenvalue weighted by molar-refractivity contribution is 5.56. The summed E-state index contributed by atoms with van der Waals surface area (Å²) in [7, 11) is 2.15. The van der Waals surface area contributed by atoms with Gasteiger partial charge in [-0.05, 0) is 56.5 Å². The third kappa shape index (κ3) is 2.54. The monoisotopic (exact) mass is 277 g/mol. The molecule has 0 aromatic heterocycles. The molecule has 3 rings (SSSR count). The van der Waals surface area contributed by atoms with Gasteiger partial charge in [-0.1, -0.05) is 6.07 Å². The van der Waals surface area contributed by atoms with Crippen molar-refractivity contribution in [1.82, 2.24) is 4.90 Å². The molecule has 2 fully saturated rings. The quantitative estimate of drug-likeness (QED) is 0.920. The molecule has 2 atom stereocenters. The van der Waals surface area contributed by atoms with Gasteiger partial charge in [0.05, 0.1) is 0 Å². The highest BCUT2D eigenvalue weighted by atomic mass is 19.1. The smallest absolute Gasteiger partial charge is 0.125 e.